The molecule has 17 heavy (non-hydrogen) atoms. The first-order valence-electron chi connectivity index (χ1n) is 4.25. The second-order valence-corrected chi connectivity index (χ2v) is 2.87. The second kappa shape index (κ2) is 8.19. The van der Waals surface area contributed by atoms with Gasteiger partial charge in [0.15, 0.2) is 0 Å². The monoisotopic (exact) mass is 427 g/mol. The molecule has 0 aliphatic heterocycles. The normalized spacial score (nSPS) is 8.47. The van der Waals surface area contributed by atoms with Crippen LogP contribution < -0.4 is 0 Å². The summed E-state index contributed by atoms with van der Waals surface area (Å²) < 4.78 is 0. The maximum Gasteiger partial charge on any atom is 0.273 e. The van der Waals surface area contributed by atoms with Gasteiger partial charge in [-0.2, -0.15) is 6.26 Å². The largest absolute Gasteiger partial charge is 0.796 e. The molecule has 0 aromatic heterocycles. The van der Waals surface area contributed by atoms with Crippen molar-refractivity contribution < 1.29 is 30.9 Å². The van der Waals surface area contributed by atoms with Gasteiger partial charge in [-0.3, -0.25) is 20.2 Å². The molecule has 0 heterocycles. The molecule has 0 saturated carbocycles. The molecule has 94 valence electrons. The Hall–Kier alpha value is -0.942. The Morgan fingerprint density at radius 2 is 1.18 bits per heavy atom. The predicted molar refractivity (Wildman–Crippen MR) is 62.5 cm³/mol. The zero-order valence-corrected chi connectivity index (χ0v) is 13.2. The van der Waals surface area contributed by atoms with E-state index in [1.165, 1.54) is 13.8 Å². The second-order valence-electron chi connectivity index (χ2n) is 2.87. The van der Waals surface area contributed by atoms with Gasteiger partial charge in [0.25, 0.3) is 11.4 Å². The van der Waals surface area contributed by atoms with Crippen LogP contribution >= 0.6 is 0 Å². The SMILES string of the molecule is C[S-].Cc1c([N+](=O)[O-])ccc([N+](=O)[O-])c1C.[W]. The third-order valence-electron chi connectivity index (χ3n) is 2.12. The number of rotatable bonds is 2. The van der Waals surface area contributed by atoms with Crippen LogP contribution in [0, 0.1) is 34.1 Å². The summed E-state index contributed by atoms with van der Waals surface area (Å²) in [4.78, 5) is 19.9. The molecule has 1 aromatic carbocycles. The first-order valence-corrected chi connectivity index (χ1v) is 5.06. The average Bonchev–Trinajstić information content (AvgIpc) is 2.23. The third kappa shape index (κ3) is 4.44. The van der Waals surface area contributed by atoms with Crippen molar-refractivity contribution in [2.75, 3.05) is 6.26 Å². The quantitative estimate of drug-likeness (QED) is 0.411. The molecule has 0 unspecified atom stereocenters. The van der Waals surface area contributed by atoms with Crippen LogP contribution in [0.3, 0.4) is 0 Å². The summed E-state index contributed by atoms with van der Waals surface area (Å²) in [5, 5.41) is 21.0. The van der Waals surface area contributed by atoms with Gasteiger partial charge in [-0.15, -0.1) is 0 Å². The minimum absolute atomic E-state index is 0. The zero-order valence-electron chi connectivity index (χ0n) is 9.50. The Morgan fingerprint density at radius 3 is 1.35 bits per heavy atom. The number of nitro groups is 2. The molecule has 0 atom stereocenters. The van der Waals surface area contributed by atoms with Crippen LogP contribution in [-0.4, -0.2) is 16.1 Å². The van der Waals surface area contributed by atoms with E-state index in [0.717, 1.165) is 12.1 Å². The zero-order chi connectivity index (χ0) is 12.9. The third-order valence-corrected chi connectivity index (χ3v) is 2.12. The van der Waals surface area contributed by atoms with Crippen molar-refractivity contribution in [3.05, 3.63) is 43.5 Å². The van der Waals surface area contributed by atoms with Crippen LogP contribution in [0.4, 0.5) is 11.4 Å². The molecule has 0 aliphatic rings. The summed E-state index contributed by atoms with van der Waals surface area (Å²) in [5.74, 6) is 0. The number of hydrogen-bond acceptors (Lipinski definition) is 5. The maximum atomic E-state index is 10.5. The van der Waals surface area contributed by atoms with Crippen molar-refractivity contribution in [1.82, 2.24) is 0 Å². The van der Waals surface area contributed by atoms with Gasteiger partial charge >= 0.3 is 0 Å². The summed E-state index contributed by atoms with van der Waals surface area (Å²) in [7, 11) is 0. The van der Waals surface area contributed by atoms with Crippen LogP contribution in [0.25, 0.3) is 0 Å². The molecule has 6 nitrogen and oxygen atoms in total. The summed E-state index contributed by atoms with van der Waals surface area (Å²) in [6.45, 7) is 3.00. The molecular formula is C9H11N2O4SW-. The van der Waals surface area contributed by atoms with E-state index in [4.69, 9.17) is 0 Å². The average molecular weight is 427 g/mol. The molecule has 0 radical (unpaired) electrons. The van der Waals surface area contributed by atoms with Crippen molar-refractivity contribution >= 4 is 24.0 Å². The smallest absolute Gasteiger partial charge is 0.273 e. The molecule has 0 saturated heterocycles. The van der Waals surface area contributed by atoms with Crippen molar-refractivity contribution in [3.8, 4) is 0 Å². The van der Waals surface area contributed by atoms with E-state index in [-0.39, 0.29) is 32.4 Å². The van der Waals surface area contributed by atoms with E-state index in [1.807, 2.05) is 0 Å². The fraction of sp³-hybridized carbons (Fsp3) is 0.333. The van der Waals surface area contributed by atoms with Crippen LogP contribution in [0.2, 0.25) is 0 Å². The fourth-order valence-corrected chi connectivity index (χ4v) is 1.19. The van der Waals surface area contributed by atoms with E-state index >= 15 is 0 Å². The Kier molecular flexibility index (Phi) is 8.88. The van der Waals surface area contributed by atoms with Crippen LogP contribution in [0.5, 0.6) is 0 Å². The van der Waals surface area contributed by atoms with Gasteiger partial charge in [0.2, 0.25) is 0 Å². The minimum atomic E-state index is -0.550. The standard InChI is InChI=1S/C8H8N2O4.CH4S.W/c1-5-6(2)8(10(13)14)4-3-7(5)9(11)12;1-2;/h3-4H,1-2H3;2H,1H3;/p-1. The molecular weight excluding hydrogens is 416 g/mol. The van der Waals surface area contributed by atoms with Gasteiger partial charge in [-0.1, -0.05) is 0 Å². The molecule has 0 N–H and O–H groups in total. The number of nitro benzene ring substituents is 2. The Labute approximate surface area is 118 Å². The molecule has 8 heteroatoms. The van der Waals surface area contributed by atoms with Gasteiger partial charge in [0, 0.05) is 44.3 Å². The number of nitrogens with zero attached hydrogens (tertiary/aromatic N) is 2. The number of benzene rings is 1. The Bertz CT molecular complexity index is 387. The van der Waals surface area contributed by atoms with Gasteiger partial charge in [-0.25, -0.2) is 0 Å². The van der Waals surface area contributed by atoms with E-state index in [2.05, 4.69) is 12.6 Å². The molecule has 0 aliphatic carbocycles. The van der Waals surface area contributed by atoms with Crippen LogP contribution in [0.1, 0.15) is 11.1 Å². The Morgan fingerprint density at radius 1 is 0.941 bits per heavy atom. The fourth-order valence-electron chi connectivity index (χ4n) is 1.19. The van der Waals surface area contributed by atoms with E-state index in [1.54, 1.807) is 6.26 Å². The summed E-state index contributed by atoms with van der Waals surface area (Å²) in [5.41, 5.74) is 0.495. The van der Waals surface area contributed by atoms with Crippen molar-refractivity contribution in [2.45, 2.75) is 13.8 Å². The van der Waals surface area contributed by atoms with Crippen LogP contribution in [0.15, 0.2) is 12.1 Å². The van der Waals surface area contributed by atoms with E-state index < -0.39 is 9.85 Å². The molecule has 0 amide bonds. The van der Waals surface area contributed by atoms with Gasteiger partial charge in [0.05, 0.1) is 9.85 Å². The van der Waals surface area contributed by atoms with E-state index in [0.29, 0.717) is 11.1 Å². The molecule has 1 aromatic rings. The molecule has 0 fully saturated rings. The molecule has 1 rings (SSSR count). The number of hydrogen-bond donors (Lipinski definition) is 0. The summed E-state index contributed by atoms with van der Waals surface area (Å²) in [6.07, 6.45) is 1.58. The Balaban J connectivity index is 0. The minimum Gasteiger partial charge on any atom is -0.796 e. The van der Waals surface area contributed by atoms with Crippen molar-refractivity contribution in [2.24, 2.45) is 0 Å². The van der Waals surface area contributed by atoms with Gasteiger partial charge in [-0.05, 0) is 13.8 Å². The van der Waals surface area contributed by atoms with Crippen molar-refractivity contribution in [1.29, 1.82) is 0 Å². The summed E-state index contributed by atoms with van der Waals surface area (Å²) >= 11 is 4.08. The predicted octanol–water partition coefficient (Wildman–Crippen LogP) is 2.28. The van der Waals surface area contributed by atoms with Gasteiger partial charge in [0.1, 0.15) is 0 Å². The first kappa shape index (κ1) is 18.4. The first-order chi connectivity index (χ1) is 7.45. The topological polar surface area (TPSA) is 86.3 Å². The molecule has 0 spiro atoms. The summed E-state index contributed by atoms with van der Waals surface area (Å²) in [6, 6.07) is 2.31. The van der Waals surface area contributed by atoms with Crippen molar-refractivity contribution in [3.63, 3.8) is 0 Å². The van der Waals surface area contributed by atoms with E-state index in [9.17, 15) is 20.2 Å². The molecule has 0 bridgehead atoms. The van der Waals surface area contributed by atoms with Crippen LogP contribution in [-0.2, 0) is 33.7 Å². The van der Waals surface area contributed by atoms with Gasteiger partial charge < -0.3 is 12.6 Å². The maximum absolute atomic E-state index is 10.5.